The van der Waals surface area contributed by atoms with Crippen LogP contribution in [0.4, 0.5) is 0 Å². The van der Waals surface area contributed by atoms with Crippen LogP contribution < -0.4 is 9.47 Å². The zero-order chi connectivity index (χ0) is 20.7. The van der Waals surface area contributed by atoms with E-state index < -0.39 is 0 Å². The molecule has 0 spiro atoms. The molecule has 3 heterocycles. The molecule has 30 heavy (non-hydrogen) atoms. The zero-order valence-corrected chi connectivity index (χ0v) is 17.6. The van der Waals surface area contributed by atoms with Gasteiger partial charge in [0.1, 0.15) is 5.58 Å². The minimum absolute atomic E-state index is 0.0804. The highest BCUT2D eigenvalue weighted by molar-refractivity contribution is 5.89. The first kappa shape index (κ1) is 19.0. The van der Waals surface area contributed by atoms with E-state index in [1.807, 2.05) is 11.0 Å². The van der Waals surface area contributed by atoms with Crippen molar-refractivity contribution in [3.8, 4) is 11.5 Å². The lowest BCUT2D eigenvalue weighted by Crippen LogP contribution is -2.31. The number of amides is 1. The number of benzene rings is 2. The Morgan fingerprint density at radius 2 is 1.90 bits per heavy atom. The summed E-state index contributed by atoms with van der Waals surface area (Å²) in [7, 11) is 0. The van der Waals surface area contributed by atoms with E-state index in [1.165, 1.54) is 5.56 Å². The van der Waals surface area contributed by atoms with Gasteiger partial charge in [-0.1, -0.05) is 18.2 Å². The van der Waals surface area contributed by atoms with Crippen LogP contribution in [0.1, 0.15) is 47.6 Å². The van der Waals surface area contributed by atoms with Crippen LogP contribution in [0.3, 0.4) is 0 Å². The van der Waals surface area contributed by atoms with Gasteiger partial charge in [-0.15, -0.1) is 0 Å². The maximum atomic E-state index is 13.3. The molecule has 5 rings (SSSR count). The van der Waals surface area contributed by atoms with Gasteiger partial charge in [-0.3, -0.25) is 4.79 Å². The van der Waals surface area contributed by atoms with Crippen molar-refractivity contribution in [1.82, 2.24) is 4.90 Å². The summed E-state index contributed by atoms with van der Waals surface area (Å²) < 4.78 is 17.4. The molecule has 1 amide bonds. The third kappa shape index (κ3) is 3.32. The number of aryl methyl sites for hydroxylation is 2. The summed E-state index contributed by atoms with van der Waals surface area (Å²) in [4.78, 5) is 15.3. The zero-order valence-electron chi connectivity index (χ0n) is 17.6. The molecular weight excluding hydrogens is 378 g/mol. The van der Waals surface area contributed by atoms with Gasteiger partial charge in [0.05, 0.1) is 31.9 Å². The monoisotopic (exact) mass is 405 g/mol. The second-order valence-corrected chi connectivity index (χ2v) is 8.32. The molecule has 1 fully saturated rings. The maximum Gasteiger partial charge on any atom is 0.227 e. The fraction of sp³-hybridized carbons (Fsp3) is 0.400. The van der Waals surface area contributed by atoms with Crippen molar-refractivity contribution in [2.24, 2.45) is 0 Å². The first-order valence-corrected chi connectivity index (χ1v) is 10.8. The molecule has 1 aromatic heterocycles. The van der Waals surface area contributed by atoms with Gasteiger partial charge in [0.2, 0.25) is 5.91 Å². The normalized spacial score (nSPS) is 18.6. The van der Waals surface area contributed by atoms with Crippen LogP contribution in [0.5, 0.6) is 11.5 Å². The topological polar surface area (TPSA) is 51.9 Å². The van der Waals surface area contributed by atoms with Gasteiger partial charge in [0, 0.05) is 23.9 Å². The number of carbonyl (C=O) groups excluding carboxylic acids is 1. The predicted octanol–water partition coefficient (Wildman–Crippen LogP) is 5.12. The molecule has 2 aromatic carbocycles. The Bertz CT molecular complexity index is 1100. The minimum Gasteiger partial charge on any atom is -0.490 e. The van der Waals surface area contributed by atoms with Crippen molar-refractivity contribution in [3.63, 3.8) is 0 Å². The molecule has 5 nitrogen and oxygen atoms in total. The summed E-state index contributed by atoms with van der Waals surface area (Å²) in [6, 6.07) is 10.3. The highest BCUT2D eigenvalue weighted by atomic mass is 16.5. The van der Waals surface area contributed by atoms with Crippen molar-refractivity contribution in [3.05, 3.63) is 58.8 Å². The Morgan fingerprint density at radius 3 is 2.77 bits per heavy atom. The molecule has 156 valence electrons. The average molecular weight is 405 g/mol. The van der Waals surface area contributed by atoms with Crippen molar-refractivity contribution < 1.29 is 18.7 Å². The van der Waals surface area contributed by atoms with Crippen LogP contribution in [0.15, 0.2) is 41.0 Å². The third-order valence-electron chi connectivity index (χ3n) is 6.41. The molecule has 1 saturated heterocycles. The van der Waals surface area contributed by atoms with E-state index >= 15 is 0 Å². The maximum absolute atomic E-state index is 13.3. The van der Waals surface area contributed by atoms with Crippen LogP contribution in [-0.2, 0) is 11.2 Å². The second kappa shape index (κ2) is 7.71. The van der Waals surface area contributed by atoms with Gasteiger partial charge >= 0.3 is 0 Å². The van der Waals surface area contributed by atoms with Crippen molar-refractivity contribution in [2.45, 2.75) is 45.6 Å². The summed E-state index contributed by atoms with van der Waals surface area (Å²) in [6.45, 7) is 6.26. The van der Waals surface area contributed by atoms with E-state index in [9.17, 15) is 4.79 Å². The van der Waals surface area contributed by atoms with E-state index in [0.717, 1.165) is 65.0 Å². The van der Waals surface area contributed by atoms with Crippen LogP contribution in [-0.4, -0.2) is 30.6 Å². The highest BCUT2D eigenvalue weighted by Gasteiger charge is 2.31. The van der Waals surface area contributed by atoms with Crippen LogP contribution in [0.2, 0.25) is 0 Å². The molecular formula is C25H27NO4. The fourth-order valence-corrected chi connectivity index (χ4v) is 4.59. The molecule has 5 heteroatoms. The Hall–Kier alpha value is -2.95. The summed E-state index contributed by atoms with van der Waals surface area (Å²) >= 11 is 0. The number of furan rings is 1. The number of fused-ring (bicyclic) bond motifs is 2. The summed E-state index contributed by atoms with van der Waals surface area (Å²) in [5.74, 6) is 1.73. The Kier molecular flexibility index (Phi) is 4.89. The van der Waals surface area contributed by atoms with Gasteiger partial charge in [-0.2, -0.15) is 0 Å². The van der Waals surface area contributed by atoms with E-state index in [0.29, 0.717) is 19.6 Å². The molecule has 0 radical (unpaired) electrons. The van der Waals surface area contributed by atoms with Crippen molar-refractivity contribution in [1.29, 1.82) is 0 Å². The lowest BCUT2D eigenvalue weighted by molar-refractivity contribution is -0.131. The van der Waals surface area contributed by atoms with Crippen LogP contribution in [0.25, 0.3) is 11.0 Å². The number of ether oxygens (including phenoxy) is 2. The van der Waals surface area contributed by atoms with Gasteiger partial charge in [-0.05, 0) is 55.5 Å². The van der Waals surface area contributed by atoms with Gasteiger partial charge in [0.25, 0.3) is 0 Å². The van der Waals surface area contributed by atoms with Gasteiger partial charge in [0.15, 0.2) is 11.5 Å². The SMILES string of the molecule is Cc1ccc2c(CC(=O)N3CCCC3c3ccc4c(c3)OCCCO4)coc2c1C. The quantitative estimate of drug-likeness (QED) is 0.607. The minimum atomic E-state index is 0.0804. The molecule has 0 saturated carbocycles. The first-order chi connectivity index (χ1) is 14.6. The molecule has 0 bridgehead atoms. The number of rotatable bonds is 3. The number of nitrogens with zero attached hydrogens (tertiary/aromatic N) is 1. The smallest absolute Gasteiger partial charge is 0.227 e. The van der Waals surface area contributed by atoms with E-state index in [2.05, 4.69) is 38.1 Å². The molecule has 0 aliphatic carbocycles. The number of hydrogen-bond acceptors (Lipinski definition) is 4. The molecule has 0 N–H and O–H groups in total. The highest BCUT2D eigenvalue weighted by Crippen LogP contribution is 2.38. The summed E-state index contributed by atoms with van der Waals surface area (Å²) in [5, 5.41) is 1.04. The Morgan fingerprint density at radius 1 is 1.07 bits per heavy atom. The van der Waals surface area contributed by atoms with Crippen LogP contribution >= 0.6 is 0 Å². The van der Waals surface area contributed by atoms with Crippen molar-refractivity contribution >= 4 is 16.9 Å². The lowest BCUT2D eigenvalue weighted by atomic mass is 10.0. The lowest BCUT2D eigenvalue weighted by Gasteiger charge is -2.25. The number of likely N-dealkylation sites (tertiary alicyclic amines) is 1. The molecule has 3 aromatic rings. The standard InChI is InChI=1S/C25H27NO4/c1-16-6-8-20-19(15-30-25(20)17(16)2)14-24(27)26-10-3-5-21(26)18-7-9-22-23(13-18)29-12-4-11-28-22/h6-9,13,15,21H,3-5,10-12,14H2,1-2H3. The van der Waals surface area contributed by atoms with E-state index in [4.69, 9.17) is 13.9 Å². The van der Waals surface area contributed by atoms with Crippen molar-refractivity contribution in [2.75, 3.05) is 19.8 Å². The fourth-order valence-electron chi connectivity index (χ4n) is 4.59. The van der Waals surface area contributed by atoms with Crippen LogP contribution in [0, 0.1) is 13.8 Å². The summed E-state index contributed by atoms with van der Waals surface area (Å²) in [5.41, 5.74) is 5.30. The molecule has 2 aliphatic rings. The number of carbonyl (C=O) groups is 1. The van der Waals surface area contributed by atoms with Gasteiger partial charge in [-0.25, -0.2) is 0 Å². The first-order valence-electron chi connectivity index (χ1n) is 10.8. The second-order valence-electron chi connectivity index (χ2n) is 8.32. The van der Waals surface area contributed by atoms with E-state index in [1.54, 1.807) is 6.26 Å². The summed E-state index contributed by atoms with van der Waals surface area (Å²) in [6.07, 6.45) is 4.96. The molecule has 1 atom stereocenters. The van der Waals surface area contributed by atoms with Gasteiger partial charge < -0.3 is 18.8 Å². The third-order valence-corrected chi connectivity index (χ3v) is 6.41. The average Bonchev–Trinajstić information content (AvgIpc) is 3.32. The van der Waals surface area contributed by atoms with E-state index in [-0.39, 0.29) is 11.9 Å². The molecule has 2 aliphatic heterocycles. The largest absolute Gasteiger partial charge is 0.490 e. The molecule has 1 unspecified atom stereocenters. The Balaban J connectivity index is 1.38. The number of hydrogen-bond donors (Lipinski definition) is 0. The Labute approximate surface area is 176 Å². The predicted molar refractivity (Wildman–Crippen MR) is 115 cm³/mol.